The molecule has 1 heterocycles. The molecule has 11 heteroatoms. The lowest BCUT2D eigenvalue weighted by Crippen LogP contribution is -2.32. The molecule has 10 nitrogen and oxygen atoms in total. The number of benzene rings is 2. The van der Waals surface area contributed by atoms with Gasteiger partial charge in [-0.1, -0.05) is 12.1 Å². The number of phenolic OH excluding ortho intramolecular Hbond substituents is 1. The predicted octanol–water partition coefficient (Wildman–Crippen LogP) is 3.43. The van der Waals surface area contributed by atoms with Gasteiger partial charge in [-0.25, -0.2) is 0 Å². The SMILES string of the molecule is COc1ccccc1OCCN1C(=O)S/C(=C\c2cc(OC)c(O)c([N+](=O)[O-])c2)C1=O. The number of hydrogen-bond acceptors (Lipinski definition) is 9. The fraction of sp³-hybridized carbons (Fsp3) is 0.200. The Balaban J connectivity index is 1.75. The first-order valence-electron chi connectivity index (χ1n) is 8.92. The van der Waals surface area contributed by atoms with Crippen molar-refractivity contribution in [2.45, 2.75) is 0 Å². The third kappa shape index (κ3) is 4.72. The molecule has 162 valence electrons. The number of nitro benzene ring substituents is 1. The van der Waals surface area contributed by atoms with Crippen LogP contribution in [0.1, 0.15) is 5.56 Å². The first-order chi connectivity index (χ1) is 14.8. The van der Waals surface area contributed by atoms with E-state index in [1.165, 1.54) is 26.4 Å². The molecule has 0 radical (unpaired) electrons. The number of thioether (sulfide) groups is 1. The maximum Gasteiger partial charge on any atom is 0.315 e. The van der Waals surface area contributed by atoms with Crippen LogP contribution in [0, 0.1) is 10.1 Å². The van der Waals surface area contributed by atoms with E-state index in [4.69, 9.17) is 14.2 Å². The van der Waals surface area contributed by atoms with E-state index in [2.05, 4.69) is 0 Å². The largest absolute Gasteiger partial charge is 0.500 e. The normalized spacial score (nSPS) is 14.8. The van der Waals surface area contributed by atoms with Gasteiger partial charge in [0, 0.05) is 6.07 Å². The Morgan fingerprint density at radius 1 is 1.13 bits per heavy atom. The van der Waals surface area contributed by atoms with E-state index in [1.807, 2.05) is 0 Å². The molecule has 0 atom stereocenters. The number of para-hydroxylation sites is 2. The van der Waals surface area contributed by atoms with E-state index in [0.717, 1.165) is 11.0 Å². The minimum Gasteiger partial charge on any atom is -0.500 e. The number of carbonyl (C=O) groups is 2. The summed E-state index contributed by atoms with van der Waals surface area (Å²) in [4.78, 5) is 36.4. The van der Waals surface area contributed by atoms with Gasteiger partial charge in [-0.2, -0.15) is 0 Å². The summed E-state index contributed by atoms with van der Waals surface area (Å²) in [6.45, 7) is 0.0727. The second-order valence-corrected chi connectivity index (χ2v) is 7.17. The van der Waals surface area contributed by atoms with Crippen molar-refractivity contribution in [2.24, 2.45) is 0 Å². The van der Waals surface area contributed by atoms with Gasteiger partial charge in [0.2, 0.25) is 5.75 Å². The number of carbonyl (C=O) groups excluding carboxylic acids is 2. The maximum atomic E-state index is 12.6. The molecule has 1 aliphatic heterocycles. The highest BCUT2D eigenvalue weighted by molar-refractivity contribution is 8.18. The molecule has 31 heavy (non-hydrogen) atoms. The van der Waals surface area contributed by atoms with E-state index in [1.54, 1.807) is 24.3 Å². The van der Waals surface area contributed by atoms with E-state index in [-0.39, 0.29) is 29.4 Å². The van der Waals surface area contributed by atoms with Crippen molar-refractivity contribution < 1.29 is 33.8 Å². The van der Waals surface area contributed by atoms with Crippen LogP contribution in [0.25, 0.3) is 6.08 Å². The third-order valence-corrected chi connectivity index (χ3v) is 5.21. The minimum absolute atomic E-state index is 0.0130. The summed E-state index contributed by atoms with van der Waals surface area (Å²) < 4.78 is 15.7. The van der Waals surface area contributed by atoms with E-state index in [9.17, 15) is 24.8 Å². The van der Waals surface area contributed by atoms with Gasteiger partial charge in [-0.05, 0) is 41.6 Å². The molecule has 0 aromatic heterocycles. The average Bonchev–Trinajstić information content (AvgIpc) is 3.02. The Labute approximate surface area is 181 Å². The fourth-order valence-electron chi connectivity index (χ4n) is 2.82. The standard InChI is InChI=1S/C20H18N2O8S/c1-28-14-5-3-4-6-15(14)30-8-7-21-19(24)17(31-20(21)25)11-12-9-13(22(26)27)18(23)16(10-12)29-2/h3-6,9-11,23H,7-8H2,1-2H3/b17-11-. The molecule has 2 aromatic rings. The van der Waals surface area contributed by atoms with Crippen LogP contribution in [0.3, 0.4) is 0 Å². The van der Waals surface area contributed by atoms with Crippen molar-refractivity contribution in [1.82, 2.24) is 4.90 Å². The highest BCUT2D eigenvalue weighted by Gasteiger charge is 2.35. The monoisotopic (exact) mass is 446 g/mol. The van der Waals surface area contributed by atoms with Gasteiger partial charge in [-0.15, -0.1) is 0 Å². The zero-order valence-electron chi connectivity index (χ0n) is 16.6. The zero-order chi connectivity index (χ0) is 22.5. The van der Waals surface area contributed by atoms with Gasteiger partial charge in [0.1, 0.15) is 6.61 Å². The molecule has 1 N–H and O–H groups in total. The molecule has 2 amide bonds. The number of nitrogens with zero attached hydrogens (tertiary/aromatic N) is 2. The van der Waals surface area contributed by atoms with Gasteiger partial charge in [-0.3, -0.25) is 24.6 Å². The second-order valence-electron chi connectivity index (χ2n) is 6.18. The molecule has 2 aromatic carbocycles. The van der Waals surface area contributed by atoms with Crippen LogP contribution in [0.4, 0.5) is 10.5 Å². The van der Waals surface area contributed by atoms with Crippen LogP contribution in [0.2, 0.25) is 0 Å². The molecule has 1 fully saturated rings. The highest BCUT2D eigenvalue weighted by Crippen LogP contribution is 2.39. The molecule has 1 saturated heterocycles. The summed E-state index contributed by atoms with van der Waals surface area (Å²) in [7, 11) is 2.75. The maximum absolute atomic E-state index is 12.6. The van der Waals surface area contributed by atoms with Gasteiger partial charge in [0.25, 0.3) is 11.1 Å². The second kappa shape index (κ2) is 9.39. The summed E-state index contributed by atoms with van der Waals surface area (Å²) >= 11 is 0.708. The topological polar surface area (TPSA) is 128 Å². The summed E-state index contributed by atoms with van der Waals surface area (Å²) in [5.74, 6) is -0.278. The first kappa shape index (κ1) is 22.0. The van der Waals surface area contributed by atoms with Gasteiger partial charge in [0.05, 0.1) is 30.6 Å². The number of imide groups is 1. The van der Waals surface area contributed by atoms with Crippen LogP contribution >= 0.6 is 11.8 Å². The summed E-state index contributed by atoms with van der Waals surface area (Å²) in [6, 6.07) is 9.42. The smallest absolute Gasteiger partial charge is 0.315 e. The predicted molar refractivity (Wildman–Crippen MR) is 112 cm³/mol. The lowest BCUT2D eigenvalue weighted by molar-refractivity contribution is -0.386. The number of aromatic hydroxyl groups is 1. The molecule has 0 aliphatic carbocycles. The van der Waals surface area contributed by atoms with E-state index < -0.39 is 27.5 Å². The van der Waals surface area contributed by atoms with Gasteiger partial charge in [0.15, 0.2) is 17.2 Å². The Hall–Kier alpha value is -3.73. The molecule has 1 aliphatic rings. The Morgan fingerprint density at radius 3 is 2.45 bits per heavy atom. The summed E-state index contributed by atoms with van der Waals surface area (Å²) in [6.07, 6.45) is 1.33. The number of ether oxygens (including phenoxy) is 3. The number of methoxy groups -OCH3 is 2. The molecular weight excluding hydrogens is 428 g/mol. The van der Waals surface area contributed by atoms with Crippen LogP contribution in [0.5, 0.6) is 23.0 Å². The van der Waals surface area contributed by atoms with Crippen molar-refractivity contribution >= 4 is 34.7 Å². The molecule has 0 spiro atoms. The quantitative estimate of drug-likeness (QED) is 0.368. The van der Waals surface area contributed by atoms with E-state index in [0.29, 0.717) is 23.3 Å². The van der Waals surface area contributed by atoms with Crippen LogP contribution in [0.15, 0.2) is 41.3 Å². The molecule has 0 bridgehead atoms. The van der Waals surface area contributed by atoms with Crippen LogP contribution in [-0.2, 0) is 4.79 Å². The molecule has 3 rings (SSSR count). The Kier molecular flexibility index (Phi) is 6.65. The van der Waals surface area contributed by atoms with Crippen molar-refractivity contribution in [3.05, 3.63) is 57.0 Å². The Morgan fingerprint density at radius 2 is 1.81 bits per heavy atom. The van der Waals surface area contributed by atoms with Crippen molar-refractivity contribution in [3.63, 3.8) is 0 Å². The van der Waals surface area contributed by atoms with Gasteiger partial charge < -0.3 is 19.3 Å². The fourth-order valence-corrected chi connectivity index (χ4v) is 3.69. The highest BCUT2D eigenvalue weighted by atomic mass is 32.2. The van der Waals surface area contributed by atoms with Crippen molar-refractivity contribution in [1.29, 1.82) is 0 Å². The average molecular weight is 446 g/mol. The number of rotatable bonds is 8. The lowest BCUT2D eigenvalue weighted by atomic mass is 10.1. The third-order valence-electron chi connectivity index (χ3n) is 4.31. The Bertz CT molecular complexity index is 1070. The lowest BCUT2D eigenvalue weighted by Gasteiger charge is -2.14. The molecule has 0 unspecified atom stereocenters. The zero-order valence-corrected chi connectivity index (χ0v) is 17.4. The minimum atomic E-state index is -0.768. The van der Waals surface area contributed by atoms with E-state index >= 15 is 0 Å². The summed E-state index contributed by atoms with van der Waals surface area (Å²) in [5.41, 5.74) is -0.341. The summed E-state index contributed by atoms with van der Waals surface area (Å²) in [5, 5.41) is 20.5. The number of hydrogen-bond donors (Lipinski definition) is 1. The van der Waals surface area contributed by atoms with Gasteiger partial charge >= 0.3 is 5.69 Å². The number of amides is 2. The van der Waals surface area contributed by atoms with Crippen molar-refractivity contribution in [3.8, 4) is 23.0 Å². The van der Waals surface area contributed by atoms with Crippen LogP contribution in [-0.4, -0.2) is 53.4 Å². The number of nitro groups is 1. The molecule has 0 saturated carbocycles. The first-order valence-corrected chi connectivity index (χ1v) is 9.74. The van der Waals surface area contributed by atoms with Crippen molar-refractivity contribution in [2.75, 3.05) is 27.4 Å². The number of phenols is 1. The molecular formula is C20H18N2O8S. The van der Waals surface area contributed by atoms with Crippen LogP contribution < -0.4 is 14.2 Å².